The number of hydrogen-bond acceptors (Lipinski definition) is 3. The summed E-state index contributed by atoms with van der Waals surface area (Å²) in [6.45, 7) is 2.07. The maximum absolute atomic E-state index is 13.2. The molecule has 1 heterocycles. The Morgan fingerprint density at radius 1 is 1.47 bits per heavy atom. The topological polar surface area (TPSA) is 24.9 Å². The van der Waals surface area contributed by atoms with Gasteiger partial charge in [0.2, 0.25) is 0 Å². The molecule has 2 nitrogen and oxygen atoms in total. The number of thiazole rings is 1. The summed E-state index contributed by atoms with van der Waals surface area (Å²) in [4.78, 5) is 5.48. The van der Waals surface area contributed by atoms with Gasteiger partial charge in [0.25, 0.3) is 0 Å². The highest BCUT2D eigenvalue weighted by atomic mass is 79.9. The van der Waals surface area contributed by atoms with Crippen molar-refractivity contribution in [2.45, 2.75) is 13.0 Å². The van der Waals surface area contributed by atoms with E-state index in [4.69, 9.17) is 0 Å². The Morgan fingerprint density at radius 2 is 2.24 bits per heavy atom. The van der Waals surface area contributed by atoms with E-state index in [1.165, 1.54) is 12.1 Å². The second-order valence-electron chi connectivity index (χ2n) is 3.70. The van der Waals surface area contributed by atoms with Crippen LogP contribution in [0.15, 0.2) is 28.9 Å². The van der Waals surface area contributed by atoms with Crippen molar-refractivity contribution >= 4 is 27.3 Å². The average Bonchev–Trinajstić information content (AvgIpc) is 2.80. The molecule has 2 aromatic rings. The number of hydrogen-bond donors (Lipinski definition) is 1. The lowest BCUT2D eigenvalue weighted by molar-refractivity contribution is 0.628. The van der Waals surface area contributed by atoms with E-state index in [0.717, 1.165) is 19.9 Å². The zero-order chi connectivity index (χ0) is 12.4. The molecule has 1 atom stereocenters. The van der Waals surface area contributed by atoms with Gasteiger partial charge in [0, 0.05) is 27.2 Å². The average molecular weight is 315 g/mol. The summed E-state index contributed by atoms with van der Waals surface area (Å²) in [5.74, 6) is -0.249. The summed E-state index contributed by atoms with van der Waals surface area (Å²) >= 11 is 4.99. The van der Waals surface area contributed by atoms with Crippen molar-refractivity contribution in [2.75, 3.05) is 7.05 Å². The smallest absolute Gasteiger partial charge is 0.124 e. The predicted molar refractivity (Wildman–Crippen MR) is 72.7 cm³/mol. The predicted octanol–water partition coefficient (Wildman–Crippen LogP) is 3.99. The van der Waals surface area contributed by atoms with Gasteiger partial charge >= 0.3 is 0 Å². The van der Waals surface area contributed by atoms with Crippen LogP contribution in [0.4, 0.5) is 4.39 Å². The van der Waals surface area contributed by atoms with Gasteiger partial charge in [-0.3, -0.25) is 0 Å². The highest BCUT2D eigenvalue weighted by Crippen LogP contribution is 2.33. The number of rotatable bonds is 3. The first-order valence-electron chi connectivity index (χ1n) is 5.20. The Bertz CT molecular complexity index is 527. The zero-order valence-electron chi connectivity index (χ0n) is 9.50. The maximum atomic E-state index is 13.2. The van der Waals surface area contributed by atoms with Crippen LogP contribution in [-0.2, 0) is 0 Å². The summed E-state index contributed by atoms with van der Waals surface area (Å²) < 4.78 is 14.1. The van der Waals surface area contributed by atoms with Crippen LogP contribution < -0.4 is 5.32 Å². The van der Waals surface area contributed by atoms with Gasteiger partial charge in [0.1, 0.15) is 10.8 Å². The van der Waals surface area contributed by atoms with Gasteiger partial charge in [-0.1, -0.05) is 15.9 Å². The molecule has 0 bridgehead atoms. The maximum Gasteiger partial charge on any atom is 0.124 e. The molecule has 1 N–H and O–H groups in total. The fourth-order valence-electron chi connectivity index (χ4n) is 1.41. The van der Waals surface area contributed by atoms with Gasteiger partial charge in [0.05, 0.1) is 0 Å². The van der Waals surface area contributed by atoms with Gasteiger partial charge in [-0.25, -0.2) is 9.37 Å². The third-order valence-electron chi connectivity index (χ3n) is 2.54. The summed E-state index contributed by atoms with van der Waals surface area (Å²) in [6.07, 6.45) is 1.83. The van der Waals surface area contributed by atoms with Gasteiger partial charge in [-0.2, -0.15) is 0 Å². The van der Waals surface area contributed by atoms with Gasteiger partial charge < -0.3 is 5.32 Å². The summed E-state index contributed by atoms with van der Waals surface area (Å²) in [6, 6.07) is 4.89. The molecule has 0 amide bonds. The molecular formula is C12H12BrFN2S. The molecule has 0 aliphatic carbocycles. The van der Waals surface area contributed by atoms with Crippen LogP contribution in [0.1, 0.15) is 17.8 Å². The fourth-order valence-corrected chi connectivity index (χ4v) is 2.99. The molecule has 5 heteroatoms. The Hall–Kier alpha value is -0.780. The highest BCUT2D eigenvalue weighted by Gasteiger charge is 2.12. The normalized spacial score (nSPS) is 12.7. The molecule has 0 fully saturated rings. The molecule has 0 spiro atoms. The van der Waals surface area contributed by atoms with Crippen LogP contribution in [0.3, 0.4) is 0 Å². The highest BCUT2D eigenvalue weighted by molar-refractivity contribution is 9.10. The lowest BCUT2D eigenvalue weighted by Crippen LogP contribution is -2.10. The summed E-state index contributed by atoms with van der Waals surface area (Å²) in [5.41, 5.74) is 0.796. The number of benzene rings is 1. The van der Waals surface area contributed by atoms with E-state index in [2.05, 4.69) is 33.2 Å². The number of halogens is 2. The van der Waals surface area contributed by atoms with Gasteiger partial charge in [-0.05, 0) is 32.2 Å². The molecule has 0 saturated carbocycles. The molecule has 90 valence electrons. The Labute approximate surface area is 112 Å². The summed E-state index contributed by atoms with van der Waals surface area (Å²) in [5, 5.41) is 3.98. The van der Waals surface area contributed by atoms with Crippen molar-refractivity contribution in [1.82, 2.24) is 10.3 Å². The SMILES string of the molecule is CNC(C)c1cnc(-c2cc(F)ccc2Br)s1. The van der Waals surface area contributed by atoms with Gasteiger partial charge in [-0.15, -0.1) is 11.3 Å². The van der Waals surface area contributed by atoms with E-state index in [9.17, 15) is 4.39 Å². The summed E-state index contributed by atoms with van der Waals surface area (Å²) in [7, 11) is 1.90. The molecule has 17 heavy (non-hydrogen) atoms. The molecular weight excluding hydrogens is 303 g/mol. The van der Waals surface area contributed by atoms with Gasteiger partial charge in [0.15, 0.2) is 0 Å². The Balaban J connectivity index is 2.40. The molecule has 0 aliphatic heterocycles. The third-order valence-corrected chi connectivity index (χ3v) is 4.45. The standard InChI is InChI=1S/C12H12BrFN2S/c1-7(15-2)11-6-16-12(17-11)9-5-8(14)3-4-10(9)13/h3-7,15H,1-2H3. The van der Waals surface area contributed by atoms with E-state index in [-0.39, 0.29) is 11.9 Å². The van der Waals surface area contributed by atoms with Crippen LogP contribution in [0.2, 0.25) is 0 Å². The first-order valence-corrected chi connectivity index (χ1v) is 6.81. The molecule has 1 unspecified atom stereocenters. The lowest BCUT2D eigenvalue weighted by atomic mass is 10.2. The van der Waals surface area contributed by atoms with Crippen molar-refractivity contribution in [1.29, 1.82) is 0 Å². The third kappa shape index (κ3) is 2.73. The Kier molecular flexibility index (Phi) is 3.91. The second-order valence-corrected chi connectivity index (χ2v) is 5.62. The van der Waals surface area contributed by atoms with Crippen LogP contribution in [0, 0.1) is 5.82 Å². The van der Waals surface area contributed by atoms with Crippen LogP contribution in [-0.4, -0.2) is 12.0 Å². The largest absolute Gasteiger partial charge is 0.312 e. The minimum absolute atomic E-state index is 0.249. The second kappa shape index (κ2) is 5.25. The zero-order valence-corrected chi connectivity index (χ0v) is 11.9. The molecule has 0 aliphatic rings. The van der Waals surface area contributed by atoms with E-state index in [1.807, 2.05) is 13.2 Å². The lowest BCUT2D eigenvalue weighted by Gasteiger charge is -2.05. The van der Waals surface area contributed by atoms with Crippen molar-refractivity contribution in [3.63, 3.8) is 0 Å². The minimum atomic E-state index is -0.249. The van der Waals surface area contributed by atoms with E-state index < -0.39 is 0 Å². The van der Waals surface area contributed by atoms with Crippen LogP contribution >= 0.6 is 27.3 Å². The molecule has 1 aromatic heterocycles. The van der Waals surface area contributed by atoms with Crippen LogP contribution in [0.5, 0.6) is 0 Å². The molecule has 0 radical (unpaired) electrons. The van der Waals surface area contributed by atoms with Crippen molar-refractivity contribution in [2.24, 2.45) is 0 Å². The fraction of sp³-hybridized carbons (Fsp3) is 0.250. The van der Waals surface area contributed by atoms with E-state index in [1.54, 1.807) is 17.4 Å². The quantitative estimate of drug-likeness (QED) is 0.926. The van der Waals surface area contributed by atoms with Crippen molar-refractivity contribution in [3.8, 4) is 10.6 Å². The van der Waals surface area contributed by atoms with E-state index >= 15 is 0 Å². The first-order chi connectivity index (χ1) is 8.11. The monoisotopic (exact) mass is 314 g/mol. The molecule has 1 aromatic carbocycles. The number of nitrogens with zero attached hydrogens (tertiary/aromatic N) is 1. The molecule has 2 rings (SSSR count). The van der Waals surface area contributed by atoms with Crippen molar-refractivity contribution < 1.29 is 4.39 Å². The minimum Gasteiger partial charge on any atom is -0.312 e. The Morgan fingerprint density at radius 3 is 2.94 bits per heavy atom. The van der Waals surface area contributed by atoms with E-state index in [0.29, 0.717) is 0 Å². The van der Waals surface area contributed by atoms with Crippen LogP contribution in [0.25, 0.3) is 10.6 Å². The first kappa shape index (κ1) is 12.7. The number of nitrogens with one attached hydrogen (secondary N) is 1. The van der Waals surface area contributed by atoms with Crippen molar-refractivity contribution in [3.05, 3.63) is 39.6 Å². The number of aromatic nitrogens is 1. The molecule has 0 saturated heterocycles.